The summed E-state index contributed by atoms with van der Waals surface area (Å²) in [6.07, 6.45) is 0. The maximum Gasteiger partial charge on any atom is 0.241 e. The summed E-state index contributed by atoms with van der Waals surface area (Å²) in [6, 6.07) is 9.23. The Labute approximate surface area is 69.2 Å². The van der Waals surface area contributed by atoms with E-state index in [-0.39, 0.29) is 0 Å². The summed E-state index contributed by atoms with van der Waals surface area (Å²) in [5.41, 5.74) is 0.453. The van der Waals surface area contributed by atoms with Gasteiger partial charge in [-0.2, -0.15) is 0 Å². The van der Waals surface area contributed by atoms with Crippen LogP contribution in [0, 0.1) is 6.07 Å². The minimum atomic E-state index is -1.78. The molecule has 0 amide bonds. The zero-order valence-corrected chi connectivity index (χ0v) is 6.52. The lowest BCUT2D eigenvalue weighted by atomic mass is 10.2. The van der Waals surface area contributed by atoms with Crippen molar-refractivity contribution in [2.24, 2.45) is 0 Å². The van der Waals surface area contributed by atoms with Gasteiger partial charge in [-0.25, -0.2) is 0 Å². The normalized spacial score (nSPS) is 11.5. The van der Waals surface area contributed by atoms with Crippen molar-refractivity contribution in [3.63, 3.8) is 0 Å². The number of halogens is 2. The smallest absolute Gasteiger partial charge is 0.241 e. The molecule has 0 aliphatic carbocycles. The van der Waals surface area contributed by atoms with Crippen LogP contribution in [0.4, 0.5) is 0 Å². The van der Waals surface area contributed by atoms with E-state index in [9.17, 15) is 0 Å². The predicted molar refractivity (Wildman–Crippen MR) is 40.9 cm³/mol. The molecule has 3 heteroatoms. The summed E-state index contributed by atoms with van der Waals surface area (Å²) in [6.45, 7) is 0. The van der Waals surface area contributed by atoms with Crippen LogP contribution in [0.5, 0.6) is 0 Å². The van der Waals surface area contributed by atoms with Crippen molar-refractivity contribution < 1.29 is 5.11 Å². The zero-order valence-electron chi connectivity index (χ0n) is 5.01. The Morgan fingerprint density at radius 2 is 1.80 bits per heavy atom. The first-order chi connectivity index (χ1) is 4.61. The van der Waals surface area contributed by atoms with Crippen LogP contribution in [-0.4, -0.2) is 5.11 Å². The number of alkyl halides is 2. The fraction of sp³-hybridized carbons (Fsp3) is 0.143. The molecule has 0 atom stereocenters. The van der Waals surface area contributed by atoms with Gasteiger partial charge < -0.3 is 5.11 Å². The number of hydrogen-bond acceptors (Lipinski definition) is 1. The summed E-state index contributed by atoms with van der Waals surface area (Å²) in [5.74, 6) is 0. The quantitative estimate of drug-likeness (QED) is 0.649. The fourth-order valence-corrected chi connectivity index (χ4v) is 0.839. The lowest BCUT2D eigenvalue weighted by Gasteiger charge is -2.10. The number of hydrogen-bond donors (Lipinski definition) is 1. The van der Waals surface area contributed by atoms with Crippen LogP contribution in [0.3, 0.4) is 0 Å². The largest absolute Gasteiger partial charge is 0.359 e. The van der Waals surface area contributed by atoms with E-state index in [0.29, 0.717) is 5.56 Å². The summed E-state index contributed by atoms with van der Waals surface area (Å²) in [5, 5.41) is 9.01. The lowest BCUT2D eigenvalue weighted by molar-refractivity contribution is 0.218. The molecule has 1 aromatic rings. The highest BCUT2D eigenvalue weighted by Crippen LogP contribution is 2.29. The topological polar surface area (TPSA) is 20.2 Å². The van der Waals surface area contributed by atoms with E-state index in [1.165, 1.54) is 0 Å². The van der Waals surface area contributed by atoms with Crippen molar-refractivity contribution >= 4 is 23.2 Å². The Hall–Kier alpha value is -0.240. The van der Waals surface area contributed by atoms with Gasteiger partial charge in [0.1, 0.15) is 0 Å². The third-order valence-corrected chi connectivity index (χ3v) is 1.50. The van der Waals surface area contributed by atoms with Crippen molar-refractivity contribution in [1.82, 2.24) is 0 Å². The second-order valence-electron chi connectivity index (χ2n) is 1.83. The minimum absolute atomic E-state index is 0.453. The first-order valence-electron chi connectivity index (χ1n) is 2.67. The number of rotatable bonds is 1. The van der Waals surface area contributed by atoms with Crippen LogP contribution in [-0.2, 0) is 4.52 Å². The van der Waals surface area contributed by atoms with E-state index >= 15 is 0 Å². The Balaban J connectivity index is 2.97. The summed E-state index contributed by atoms with van der Waals surface area (Å²) in [7, 11) is 0. The molecule has 53 valence electrons. The second kappa shape index (κ2) is 2.79. The molecular formula is C7H5Cl2O. The molecule has 0 unspecified atom stereocenters. The Bertz CT molecular complexity index is 203. The Morgan fingerprint density at radius 3 is 2.10 bits per heavy atom. The number of benzene rings is 1. The van der Waals surface area contributed by atoms with Gasteiger partial charge in [0.2, 0.25) is 4.52 Å². The molecule has 0 saturated heterocycles. The molecule has 1 rings (SSSR count). The third-order valence-electron chi connectivity index (χ3n) is 1.07. The fourth-order valence-electron chi connectivity index (χ4n) is 0.587. The molecule has 1 aromatic carbocycles. The molecule has 0 saturated carbocycles. The van der Waals surface area contributed by atoms with Crippen molar-refractivity contribution in [3.05, 3.63) is 35.9 Å². The van der Waals surface area contributed by atoms with Crippen LogP contribution in [0.25, 0.3) is 0 Å². The molecular weight excluding hydrogens is 171 g/mol. The molecule has 0 aliphatic rings. The van der Waals surface area contributed by atoms with E-state index in [4.69, 9.17) is 28.3 Å². The second-order valence-corrected chi connectivity index (χ2v) is 3.12. The molecule has 1 N–H and O–H groups in total. The standard InChI is InChI=1S/C7H5Cl2O/c8-7(9,10)6-4-2-1-3-5-6/h2-5,10H. The minimum Gasteiger partial charge on any atom is -0.359 e. The molecule has 0 bridgehead atoms. The molecule has 0 heterocycles. The van der Waals surface area contributed by atoms with Crippen molar-refractivity contribution in [3.8, 4) is 0 Å². The van der Waals surface area contributed by atoms with Crippen LogP contribution in [0.15, 0.2) is 24.3 Å². The number of aliphatic hydroxyl groups is 1. The molecule has 1 nitrogen and oxygen atoms in total. The van der Waals surface area contributed by atoms with Crippen LogP contribution in [0.1, 0.15) is 5.56 Å². The van der Waals surface area contributed by atoms with Gasteiger partial charge in [0.25, 0.3) is 0 Å². The van der Waals surface area contributed by atoms with Gasteiger partial charge in [0, 0.05) is 5.56 Å². The summed E-state index contributed by atoms with van der Waals surface area (Å²) >= 11 is 10.7. The van der Waals surface area contributed by atoms with Gasteiger partial charge in [0.05, 0.1) is 0 Å². The SMILES string of the molecule is OC(Cl)(Cl)c1cc[c]cc1. The van der Waals surface area contributed by atoms with Gasteiger partial charge in [-0.05, 0) is 6.07 Å². The van der Waals surface area contributed by atoms with Gasteiger partial charge in [0.15, 0.2) is 0 Å². The first-order valence-corrected chi connectivity index (χ1v) is 3.43. The lowest BCUT2D eigenvalue weighted by Crippen LogP contribution is -2.07. The van der Waals surface area contributed by atoms with Gasteiger partial charge >= 0.3 is 0 Å². The zero-order chi connectivity index (χ0) is 7.61. The maximum atomic E-state index is 9.01. The van der Waals surface area contributed by atoms with E-state index in [1.54, 1.807) is 24.3 Å². The third kappa shape index (κ3) is 1.87. The summed E-state index contributed by atoms with van der Waals surface area (Å²) < 4.78 is -1.78. The maximum absolute atomic E-state index is 9.01. The average Bonchev–Trinajstić information content (AvgIpc) is 1.88. The van der Waals surface area contributed by atoms with Crippen molar-refractivity contribution in [1.29, 1.82) is 0 Å². The van der Waals surface area contributed by atoms with E-state index in [0.717, 1.165) is 0 Å². The van der Waals surface area contributed by atoms with E-state index < -0.39 is 4.52 Å². The van der Waals surface area contributed by atoms with Crippen LogP contribution < -0.4 is 0 Å². The van der Waals surface area contributed by atoms with E-state index in [1.807, 2.05) is 0 Å². The Morgan fingerprint density at radius 1 is 1.30 bits per heavy atom. The predicted octanol–water partition coefficient (Wildman–Crippen LogP) is 2.07. The van der Waals surface area contributed by atoms with Crippen LogP contribution in [0.2, 0.25) is 0 Å². The first kappa shape index (κ1) is 7.86. The van der Waals surface area contributed by atoms with Gasteiger partial charge in [-0.1, -0.05) is 47.5 Å². The van der Waals surface area contributed by atoms with Gasteiger partial charge in [-0.15, -0.1) is 0 Å². The van der Waals surface area contributed by atoms with Crippen molar-refractivity contribution in [2.45, 2.75) is 4.52 Å². The van der Waals surface area contributed by atoms with Gasteiger partial charge in [-0.3, -0.25) is 0 Å². The Kier molecular flexibility index (Phi) is 2.19. The molecule has 0 aromatic heterocycles. The molecule has 0 spiro atoms. The molecule has 10 heavy (non-hydrogen) atoms. The van der Waals surface area contributed by atoms with Crippen molar-refractivity contribution in [2.75, 3.05) is 0 Å². The molecule has 0 aliphatic heterocycles. The monoisotopic (exact) mass is 175 g/mol. The highest BCUT2D eigenvalue weighted by molar-refractivity contribution is 6.46. The average molecular weight is 176 g/mol. The van der Waals surface area contributed by atoms with Crippen LogP contribution >= 0.6 is 23.2 Å². The summed E-state index contributed by atoms with van der Waals surface area (Å²) in [4.78, 5) is 0. The van der Waals surface area contributed by atoms with E-state index in [2.05, 4.69) is 6.07 Å². The molecule has 1 radical (unpaired) electrons. The molecule has 0 fully saturated rings. The highest BCUT2D eigenvalue weighted by atomic mass is 35.5. The highest BCUT2D eigenvalue weighted by Gasteiger charge is 2.20.